The zero-order chi connectivity index (χ0) is 18.3. The van der Waals surface area contributed by atoms with Gasteiger partial charge in [0.1, 0.15) is 0 Å². The molecule has 0 aromatic rings. The van der Waals surface area contributed by atoms with Gasteiger partial charge in [0.05, 0.1) is 24.4 Å². The van der Waals surface area contributed by atoms with E-state index in [0.717, 1.165) is 11.7 Å². The van der Waals surface area contributed by atoms with Crippen molar-refractivity contribution in [2.24, 2.45) is 11.8 Å². The van der Waals surface area contributed by atoms with Crippen LogP contribution in [0, 0.1) is 11.8 Å². The maximum Gasteiger partial charge on any atom is 0.161 e. The van der Waals surface area contributed by atoms with E-state index in [0.29, 0.717) is 11.8 Å². The van der Waals surface area contributed by atoms with E-state index >= 15 is 0 Å². The quantitative estimate of drug-likeness (QED) is 0.480. The van der Waals surface area contributed by atoms with E-state index in [1.165, 1.54) is 18.6 Å². The molecule has 4 heteroatoms. The van der Waals surface area contributed by atoms with Crippen molar-refractivity contribution in [3.8, 4) is 0 Å². The van der Waals surface area contributed by atoms with Crippen LogP contribution in [0.3, 0.4) is 0 Å². The molecule has 1 aliphatic rings. The van der Waals surface area contributed by atoms with Crippen LogP contribution in [0.1, 0.15) is 74.7 Å². The zero-order valence-electron chi connectivity index (χ0n) is 17.1. The van der Waals surface area contributed by atoms with Gasteiger partial charge in [0.2, 0.25) is 0 Å². The molecule has 1 saturated heterocycles. The van der Waals surface area contributed by atoms with Gasteiger partial charge in [-0.3, -0.25) is 0 Å². The van der Waals surface area contributed by atoms with Crippen molar-refractivity contribution >= 4 is 11.8 Å². The van der Waals surface area contributed by atoms with Crippen LogP contribution in [0.25, 0.3) is 0 Å². The minimum Gasteiger partial charge on any atom is -0.373 e. The first-order valence-electron chi connectivity index (χ1n) is 9.80. The molecular formula is C20H40O3S. The van der Waals surface area contributed by atoms with Crippen molar-refractivity contribution in [3.05, 3.63) is 0 Å². The van der Waals surface area contributed by atoms with Crippen molar-refractivity contribution in [3.63, 3.8) is 0 Å². The van der Waals surface area contributed by atoms with E-state index in [2.05, 4.69) is 55.4 Å². The third kappa shape index (κ3) is 7.63. The Labute approximate surface area is 154 Å². The Kier molecular flexibility index (Phi) is 10.3. The summed E-state index contributed by atoms with van der Waals surface area (Å²) in [5.41, 5.74) is 0. The molecule has 0 aromatic carbocycles. The minimum absolute atomic E-state index is 0.109. The van der Waals surface area contributed by atoms with Gasteiger partial charge in [-0.2, -0.15) is 11.8 Å². The fourth-order valence-corrected chi connectivity index (χ4v) is 4.05. The van der Waals surface area contributed by atoms with Crippen LogP contribution >= 0.6 is 11.8 Å². The minimum atomic E-state index is -0.109. The molecule has 3 nitrogen and oxygen atoms in total. The lowest BCUT2D eigenvalue weighted by Crippen LogP contribution is -2.52. The van der Waals surface area contributed by atoms with E-state index in [1.807, 2.05) is 11.8 Å². The van der Waals surface area contributed by atoms with Crippen LogP contribution < -0.4 is 0 Å². The van der Waals surface area contributed by atoms with Crippen molar-refractivity contribution in [2.45, 2.75) is 111 Å². The van der Waals surface area contributed by atoms with Gasteiger partial charge in [-0.05, 0) is 63.9 Å². The normalized spacial score (nSPS) is 31.4. The lowest BCUT2D eigenvalue weighted by Gasteiger charge is -2.45. The Morgan fingerprint density at radius 1 is 0.875 bits per heavy atom. The maximum atomic E-state index is 6.37. The van der Waals surface area contributed by atoms with Gasteiger partial charge >= 0.3 is 0 Å². The Balaban J connectivity index is 2.62. The molecule has 0 aliphatic carbocycles. The molecule has 5 atom stereocenters. The summed E-state index contributed by atoms with van der Waals surface area (Å²) in [5.74, 6) is 2.03. The fourth-order valence-electron chi connectivity index (χ4n) is 3.21. The Hall–Kier alpha value is 0.230. The molecule has 24 heavy (non-hydrogen) atoms. The topological polar surface area (TPSA) is 27.7 Å². The number of unbranched alkanes of at least 4 members (excludes halogenated alkanes) is 1. The smallest absolute Gasteiger partial charge is 0.161 e. The molecule has 1 rings (SSSR count). The van der Waals surface area contributed by atoms with E-state index in [-0.39, 0.29) is 30.7 Å². The summed E-state index contributed by atoms with van der Waals surface area (Å²) in [6.07, 6.45) is 4.13. The van der Waals surface area contributed by atoms with Gasteiger partial charge in [-0.1, -0.05) is 27.7 Å². The molecule has 0 aromatic heterocycles. The molecule has 0 spiro atoms. The lowest BCUT2D eigenvalue weighted by atomic mass is 9.83. The van der Waals surface area contributed by atoms with Crippen LogP contribution in [0.5, 0.6) is 0 Å². The van der Waals surface area contributed by atoms with Crippen LogP contribution in [-0.2, 0) is 14.2 Å². The van der Waals surface area contributed by atoms with Crippen LogP contribution in [-0.4, -0.2) is 41.7 Å². The number of ether oxygens (including phenoxy) is 3. The third-order valence-corrected chi connectivity index (χ3v) is 5.81. The molecule has 2 unspecified atom stereocenters. The van der Waals surface area contributed by atoms with E-state index in [9.17, 15) is 0 Å². The first-order valence-corrected chi connectivity index (χ1v) is 10.8. The highest BCUT2D eigenvalue weighted by Crippen LogP contribution is 2.36. The maximum absolute atomic E-state index is 6.37. The van der Waals surface area contributed by atoms with E-state index in [1.54, 1.807) is 0 Å². The molecular weight excluding hydrogens is 320 g/mol. The van der Waals surface area contributed by atoms with Crippen LogP contribution in [0.2, 0.25) is 0 Å². The van der Waals surface area contributed by atoms with Gasteiger partial charge in [0, 0.05) is 5.92 Å². The van der Waals surface area contributed by atoms with Crippen LogP contribution in [0.15, 0.2) is 0 Å². The van der Waals surface area contributed by atoms with Gasteiger partial charge in [0.15, 0.2) is 6.29 Å². The summed E-state index contributed by atoms with van der Waals surface area (Å²) in [6.45, 7) is 17.4. The Morgan fingerprint density at radius 3 is 2.04 bits per heavy atom. The van der Waals surface area contributed by atoms with Gasteiger partial charge in [0.25, 0.3) is 0 Å². The summed E-state index contributed by atoms with van der Waals surface area (Å²) < 4.78 is 18.7. The molecule has 1 fully saturated rings. The Bertz CT molecular complexity index is 333. The predicted molar refractivity (Wildman–Crippen MR) is 105 cm³/mol. The number of thioether (sulfide) groups is 1. The van der Waals surface area contributed by atoms with Gasteiger partial charge in [-0.25, -0.2) is 0 Å². The predicted octanol–water partition coefficient (Wildman–Crippen LogP) is 5.51. The summed E-state index contributed by atoms with van der Waals surface area (Å²) in [4.78, 5) is 0. The largest absolute Gasteiger partial charge is 0.373 e. The van der Waals surface area contributed by atoms with Gasteiger partial charge in [-0.15, -0.1) is 0 Å². The lowest BCUT2D eigenvalue weighted by molar-refractivity contribution is -0.284. The average molecular weight is 361 g/mol. The highest BCUT2D eigenvalue weighted by molar-refractivity contribution is 7.99. The highest BCUT2D eigenvalue weighted by atomic mass is 32.2. The summed E-state index contributed by atoms with van der Waals surface area (Å²) in [6, 6.07) is 0. The summed E-state index contributed by atoms with van der Waals surface area (Å²) >= 11 is 2.04. The van der Waals surface area contributed by atoms with Crippen molar-refractivity contribution in [1.29, 1.82) is 0 Å². The monoisotopic (exact) mass is 360 g/mol. The number of rotatable bonds is 10. The summed E-state index contributed by atoms with van der Waals surface area (Å²) in [5, 5.41) is 0.720. The first kappa shape index (κ1) is 22.3. The average Bonchev–Trinajstić information content (AvgIpc) is 2.46. The highest BCUT2D eigenvalue weighted by Gasteiger charge is 2.42. The second-order valence-electron chi connectivity index (χ2n) is 8.01. The third-order valence-electron chi connectivity index (χ3n) is 4.62. The molecule has 144 valence electrons. The number of hydrogen-bond donors (Lipinski definition) is 0. The van der Waals surface area contributed by atoms with Gasteiger partial charge < -0.3 is 14.2 Å². The second kappa shape index (κ2) is 11.1. The molecule has 0 amide bonds. The first-order chi connectivity index (χ1) is 11.2. The van der Waals surface area contributed by atoms with Crippen molar-refractivity contribution in [1.82, 2.24) is 0 Å². The van der Waals surface area contributed by atoms with Crippen LogP contribution in [0.4, 0.5) is 0 Å². The van der Waals surface area contributed by atoms with Crippen molar-refractivity contribution < 1.29 is 14.2 Å². The molecule has 0 saturated carbocycles. The molecule has 1 aliphatic heterocycles. The fraction of sp³-hybridized carbons (Fsp3) is 1.00. The Morgan fingerprint density at radius 2 is 1.50 bits per heavy atom. The number of hydrogen-bond acceptors (Lipinski definition) is 4. The second-order valence-corrected chi connectivity index (χ2v) is 9.70. The molecule has 0 radical (unpaired) electrons. The SMILES string of the molecule is CC(C)O[C@H]1OC(CCCCSC(C)C)[C@@H](OC(C)C)[C@H](C)C1C. The summed E-state index contributed by atoms with van der Waals surface area (Å²) in [7, 11) is 0. The zero-order valence-corrected chi connectivity index (χ0v) is 17.9. The van der Waals surface area contributed by atoms with Crippen molar-refractivity contribution in [2.75, 3.05) is 5.75 Å². The standard InChI is InChI=1S/C20H40O3S/c1-13(2)21-19-16(7)17(8)20(22-14(3)4)23-18(19)11-9-10-12-24-15(5)6/h13-20H,9-12H2,1-8H3/t16-,17?,18?,19+,20+/m1/s1. The molecule has 0 bridgehead atoms. The molecule has 1 heterocycles. The van der Waals surface area contributed by atoms with E-state index in [4.69, 9.17) is 14.2 Å². The molecule has 0 N–H and O–H groups in total. The van der Waals surface area contributed by atoms with E-state index < -0.39 is 0 Å².